The molecule has 0 aliphatic carbocycles. The molecule has 2 aromatic rings. The van der Waals surface area contributed by atoms with E-state index >= 15 is 0 Å². The molecule has 0 aromatic heterocycles. The highest BCUT2D eigenvalue weighted by molar-refractivity contribution is 8.00. The van der Waals surface area contributed by atoms with E-state index in [-0.39, 0.29) is 12.5 Å². The molecule has 0 bridgehead atoms. The van der Waals surface area contributed by atoms with Crippen LogP contribution in [0.25, 0.3) is 0 Å². The van der Waals surface area contributed by atoms with Gasteiger partial charge in [0.2, 0.25) is 5.91 Å². The lowest BCUT2D eigenvalue weighted by molar-refractivity contribution is -0.113. The van der Waals surface area contributed by atoms with Gasteiger partial charge in [-0.3, -0.25) is 4.79 Å². The normalized spacial score (nSPS) is 10.3. The van der Waals surface area contributed by atoms with Gasteiger partial charge in [0.25, 0.3) is 0 Å². The monoisotopic (exact) mass is 287 g/mol. The van der Waals surface area contributed by atoms with Gasteiger partial charge in [-0.15, -0.1) is 11.8 Å². The molecule has 104 valence electrons. The van der Waals surface area contributed by atoms with Crippen LogP contribution in [0, 0.1) is 6.92 Å². The van der Waals surface area contributed by atoms with Gasteiger partial charge in [0.05, 0.1) is 12.4 Å². The Kier molecular flexibility index (Phi) is 5.21. The predicted octanol–water partition coefficient (Wildman–Crippen LogP) is 3.22. The molecule has 2 rings (SSSR count). The summed E-state index contributed by atoms with van der Waals surface area (Å²) in [4.78, 5) is 13.0. The minimum Gasteiger partial charge on any atom is -0.392 e. The minimum atomic E-state index is -0.0818. The summed E-state index contributed by atoms with van der Waals surface area (Å²) in [6, 6.07) is 15.3. The number of aliphatic hydroxyl groups is 1. The number of aliphatic hydroxyl groups excluding tert-OH is 1. The van der Waals surface area contributed by atoms with Crippen molar-refractivity contribution in [3.63, 3.8) is 0 Å². The molecule has 0 aliphatic heterocycles. The number of hydrogen-bond donors (Lipinski definition) is 2. The van der Waals surface area contributed by atoms with E-state index in [1.807, 2.05) is 43.3 Å². The zero-order valence-corrected chi connectivity index (χ0v) is 12.1. The lowest BCUT2D eigenvalue weighted by Crippen LogP contribution is -2.15. The Morgan fingerprint density at radius 2 is 1.85 bits per heavy atom. The number of aryl methyl sites for hydroxylation is 1. The van der Waals surface area contributed by atoms with Gasteiger partial charge in [-0.25, -0.2) is 0 Å². The summed E-state index contributed by atoms with van der Waals surface area (Å²) in [5.74, 6) is 0.277. The van der Waals surface area contributed by atoms with Gasteiger partial charge in [0.15, 0.2) is 0 Å². The molecule has 2 aromatic carbocycles. The number of carbonyl (C=O) groups is 1. The SMILES string of the molecule is Cc1ccc(SCC(=O)Nc2ccccc2CO)cc1. The van der Waals surface area contributed by atoms with Crippen LogP contribution in [0.1, 0.15) is 11.1 Å². The summed E-state index contributed by atoms with van der Waals surface area (Å²) < 4.78 is 0. The molecule has 0 aliphatic rings. The number of benzene rings is 2. The topological polar surface area (TPSA) is 49.3 Å². The van der Waals surface area contributed by atoms with Crippen molar-refractivity contribution >= 4 is 23.4 Å². The Bertz CT molecular complexity index is 581. The number of nitrogens with one attached hydrogen (secondary N) is 1. The third-order valence-corrected chi connectivity index (χ3v) is 3.86. The Hall–Kier alpha value is -1.78. The lowest BCUT2D eigenvalue weighted by Gasteiger charge is -2.09. The molecule has 0 heterocycles. The van der Waals surface area contributed by atoms with E-state index in [9.17, 15) is 9.90 Å². The summed E-state index contributed by atoms with van der Waals surface area (Å²) in [5, 5.41) is 12.0. The standard InChI is InChI=1S/C16H17NO2S/c1-12-6-8-14(9-7-12)20-11-16(19)17-15-5-3-2-4-13(15)10-18/h2-9,18H,10-11H2,1H3,(H,17,19). The van der Waals surface area contributed by atoms with Crippen molar-refractivity contribution < 1.29 is 9.90 Å². The first kappa shape index (κ1) is 14.6. The lowest BCUT2D eigenvalue weighted by atomic mass is 10.2. The average molecular weight is 287 g/mol. The Morgan fingerprint density at radius 1 is 1.15 bits per heavy atom. The van der Waals surface area contributed by atoms with Gasteiger partial charge < -0.3 is 10.4 Å². The highest BCUT2D eigenvalue weighted by atomic mass is 32.2. The van der Waals surface area contributed by atoms with E-state index in [0.29, 0.717) is 11.4 Å². The smallest absolute Gasteiger partial charge is 0.234 e. The average Bonchev–Trinajstić information content (AvgIpc) is 2.47. The second-order valence-corrected chi connectivity index (χ2v) is 5.51. The van der Waals surface area contributed by atoms with E-state index in [4.69, 9.17) is 0 Å². The molecule has 0 saturated heterocycles. The number of thioether (sulfide) groups is 1. The molecular formula is C16H17NO2S. The summed E-state index contributed by atoms with van der Waals surface area (Å²) in [6.07, 6.45) is 0. The van der Waals surface area contributed by atoms with Crippen LogP contribution >= 0.6 is 11.8 Å². The fourth-order valence-corrected chi connectivity index (χ4v) is 2.45. The van der Waals surface area contributed by atoms with E-state index < -0.39 is 0 Å². The maximum Gasteiger partial charge on any atom is 0.234 e. The predicted molar refractivity (Wildman–Crippen MR) is 82.9 cm³/mol. The minimum absolute atomic E-state index is 0.0727. The van der Waals surface area contributed by atoms with Crippen molar-refractivity contribution in [2.24, 2.45) is 0 Å². The fourth-order valence-electron chi connectivity index (χ4n) is 1.75. The van der Waals surface area contributed by atoms with E-state index in [1.54, 1.807) is 12.1 Å². The zero-order valence-electron chi connectivity index (χ0n) is 11.3. The first-order chi connectivity index (χ1) is 9.69. The van der Waals surface area contributed by atoms with Crippen molar-refractivity contribution in [1.29, 1.82) is 0 Å². The highest BCUT2D eigenvalue weighted by Gasteiger charge is 2.06. The summed E-state index contributed by atoms with van der Waals surface area (Å²) in [7, 11) is 0. The van der Waals surface area contributed by atoms with Crippen LogP contribution in [0.4, 0.5) is 5.69 Å². The van der Waals surface area contributed by atoms with Crippen LogP contribution in [0.3, 0.4) is 0 Å². The molecule has 4 heteroatoms. The number of rotatable bonds is 5. The second kappa shape index (κ2) is 7.12. The van der Waals surface area contributed by atoms with Crippen LogP contribution in [0.2, 0.25) is 0 Å². The quantitative estimate of drug-likeness (QED) is 0.830. The van der Waals surface area contributed by atoms with Crippen LogP contribution in [0.5, 0.6) is 0 Å². The molecule has 0 atom stereocenters. The van der Waals surface area contributed by atoms with Gasteiger partial charge in [0, 0.05) is 16.1 Å². The van der Waals surface area contributed by atoms with E-state index in [2.05, 4.69) is 5.32 Å². The van der Waals surface area contributed by atoms with Crippen molar-refractivity contribution in [3.8, 4) is 0 Å². The molecule has 0 saturated carbocycles. The first-order valence-electron chi connectivity index (χ1n) is 6.37. The number of carbonyl (C=O) groups excluding carboxylic acids is 1. The van der Waals surface area contributed by atoms with Crippen LogP contribution in [-0.2, 0) is 11.4 Å². The summed E-state index contributed by atoms with van der Waals surface area (Å²) in [5.41, 5.74) is 2.60. The molecule has 0 unspecified atom stereocenters. The third kappa shape index (κ3) is 4.11. The van der Waals surface area contributed by atoms with Crippen molar-refractivity contribution in [2.45, 2.75) is 18.4 Å². The number of anilines is 1. The molecule has 1 amide bonds. The Labute approximate surface area is 123 Å². The third-order valence-electron chi connectivity index (χ3n) is 2.85. The number of para-hydroxylation sites is 1. The van der Waals surface area contributed by atoms with Gasteiger partial charge in [0.1, 0.15) is 0 Å². The Morgan fingerprint density at radius 3 is 2.55 bits per heavy atom. The maximum absolute atomic E-state index is 11.9. The molecule has 2 N–H and O–H groups in total. The number of hydrogen-bond acceptors (Lipinski definition) is 3. The molecular weight excluding hydrogens is 270 g/mol. The first-order valence-corrected chi connectivity index (χ1v) is 7.35. The van der Waals surface area contributed by atoms with Gasteiger partial charge in [-0.1, -0.05) is 35.9 Å². The van der Waals surface area contributed by atoms with Crippen LogP contribution < -0.4 is 5.32 Å². The molecule has 0 radical (unpaired) electrons. The highest BCUT2D eigenvalue weighted by Crippen LogP contribution is 2.19. The molecule has 0 fully saturated rings. The van der Waals surface area contributed by atoms with Gasteiger partial charge in [-0.05, 0) is 25.1 Å². The van der Waals surface area contributed by atoms with Crippen molar-refractivity contribution in [3.05, 3.63) is 59.7 Å². The largest absolute Gasteiger partial charge is 0.392 e. The molecule has 3 nitrogen and oxygen atoms in total. The van der Waals surface area contributed by atoms with Gasteiger partial charge in [-0.2, -0.15) is 0 Å². The summed E-state index contributed by atoms with van der Waals surface area (Å²) in [6.45, 7) is 1.95. The van der Waals surface area contributed by atoms with Gasteiger partial charge >= 0.3 is 0 Å². The molecule has 20 heavy (non-hydrogen) atoms. The van der Waals surface area contributed by atoms with Crippen LogP contribution in [-0.4, -0.2) is 16.8 Å². The zero-order chi connectivity index (χ0) is 14.4. The van der Waals surface area contributed by atoms with E-state index in [1.165, 1.54) is 17.3 Å². The maximum atomic E-state index is 11.9. The van der Waals surface area contributed by atoms with E-state index in [0.717, 1.165) is 10.5 Å². The Balaban J connectivity index is 1.91. The number of amides is 1. The second-order valence-electron chi connectivity index (χ2n) is 4.47. The summed E-state index contributed by atoms with van der Waals surface area (Å²) >= 11 is 1.50. The fraction of sp³-hybridized carbons (Fsp3) is 0.188. The molecule has 0 spiro atoms. The van der Waals surface area contributed by atoms with Crippen molar-refractivity contribution in [1.82, 2.24) is 0 Å². The van der Waals surface area contributed by atoms with Crippen LogP contribution in [0.15, 0.2) is 53.4 Å². The van der Waals surface area contributed by atoms with Crippen molar-refractivity contribution in [2.75, 3.05) is 11.1 Å².